The first-order valence-corrected chi connectivity index (χ1v) is 7.39. The molecule has 3 saturated carbocycles. The quantitative estimate of drug-likeness (QED) is 0.645. The molecule has 3 rings (SSSR count). The van der Waals surface area contributed by atoms with Gasteiger partial charge in [-0.25, -0.2) is 0 Å². The van der Waals surface area contributed by atoms with Crippen LogP contribution in [-0.4, -0.2) is 25.7 Å². The highest BCUT2D eigenvalue weighted by molar-refractivity contribution is 4.99. The molecule has 0 aromatic heterocycles. The molecule has 0 saturated heterocycles. The Morgan fingerprint density at radius 3 is 2.31 bits per heavy atom. The average molecular weight is 222 g/mol. The van der Waals surface area contributed by atoms with Crippen molar-refractivity contribution in [2.45, 2.75) is 51.0 Å². The van der Waals surface area contributed by atoms with Crippen molar-refractivity contribution < 1.29 is 0 Å². The molecular weight excluding hydrogens is 196 g/mol. The normalized spacial score (nSPS) is 37.1. The van der Waals surface area contributed by atoms with Crippen LogP contribution in [-0.2, 0) is 0 Å². The summed E-state index contributed by atoms with van der Waals surface area (Å²) in [6.45, 7) is 3.74. The molecular formula is C14H26N2. The van der Waals surface area contributed by atoms with Crippen molar-refractivity contribution in [3.8, 4) is 0 Å². The third-order valence-electron chi connectivity index (χ3n) is 4.75. The molecule has 3 aliphatic carbocycles. The van der Waals surface area contributed by atoms with Crippen molar-refractivity contribution in [2.75, 3.05) is 19.6 Å². The van der Waals surface area contributed by atoms with Crippen LogP contribution in [0.25, 0.3) is 0 Å². The first-order chi connectivity index (χ1) is 7.95. The fourth-order valence-electron chi connectivity index (χ4n) is 3.52. The van der Waals surface area contributed by atoms with Crippen LogP contribution < -0.4 is 10.6 Å². The lowest BCUT2D eigenvalue weighted by Crippen LogP contribution is -2.24. The van der Waals surface area contributed by atoms with E-state index < -0.39 is 0 Å². The van der Waals surface area contributed by atoms with Gasteiger partial charge >= 0.3 is 0 Å². The molecule has 2 heteroatoms. The molecule has 0 spiro atoms. The zero-order valence-electron chi connectivity index (χ0n) is 10.4. The van der Waals surface area contributed by atoms with E-state index in [1.165, 1.54) is 64.6 Å². The number of fused-ring (bicyclic) bond motifs is 1. The molecule has 0 bridgehead atoms. The Hall–Kier alpha value is -0.0800. The zero-order chi connectivity index (χ0) is 10.8. The molecule has 0 aromatic carbocycles. The van der Waals surface area contributed by atoms with E-state index in [4.69, 9.17) is 0 Å². The molecule has 2 nitrogen and oxygen atoms in total. The molecule has 0 aliphatic heterocycles. The summed E-state index contributed by atoms with van der Waals surface area (Å²) in [4.78, 5) is 0. The Labute approximate surface area is 99.6 Å². The Bertz CT molecular complexity index is 213. The maximum Gasteiger partial charge on any atom is 0.00682 e. The third-order valence-corrected chi connectivity index (χ3v) is 4.75. The van der Waals surface area contributed by atoms with Crippen molar-refractivity contribution in [3.05, 3.63) is 0 Å². The van der Waals surface area contributed by atoms with E-state index in [1.54, 1.807) is 0 Å². The lowest BCUT2D eigenvalue weighted by molar-refractivity contribution is 0.480. The largest absolute Gasteiger partial charge is 0.316 e. The van der Waals surface area contributed by atoms with Gasteiger partial charge in [-0.3, -0.25) is 0 Å². The minimum Gasteiger partial charge on any atom is -0.316 e. The molecule has 0 amide bonds. The van der Waals surface area contributed by atoms with Crippen molar-refractivity contribution in [3.63, 3.8) is 0 Å². The predicted octanol–water partition coefficient (Wildman–Crippen LogP) is 2.15. The monoisotopic (exact) mass is 222 g/mol. The molecule has 0 heterocycles. The summed E-state index contributed by atoms with van der Waals surface area (Å²) in [5.74, 6) is 3.29. The Morgan fingerprint density at radius 1 is 0.875 bits per heavy atom. The average Bonchev–Trinajstić information content (AvgIpc) is 3.20. The summed E-state index contributed by atoms with van der Waals surface area (Å²) in [6, 6.07) is 0.881. The predicted molar refractivity (Wildman–Crippen MR) is 67.4 cm³/mol. The fraction of sp³-hybridized carbons (Fsp3) is 1.00. The van der Waals surface area contributed by atoms with E-state index in [-0.39, 0.29) is 0 Å². The van der Waals surface area contributed by atoms with Crippen LogP contribution in [0.2, 0.25) is 0 Å². The molecule has 0 radical (unpaired) electrons. The summed E-state index contributed by atoms with van der Waals surface area (Å²) in [6.07, 6.45) is 10.2. The molecule has 2 unspecified atom stereocenters. The summed E-state index contributed by atoms with van der Waals surface area (Å²) in [5, 5.41) is 7.23. The zero-order valence-corrected chi connectivity index (χ0v) is 10.4. The number of rotatable bonds is 7. The van der Waals surface area contributed by atoms with Crippen LogP contribution in [0.5, 0.6) is 0 Å². The highest BCUT2D eigenvalue weighted by Crippen LogP contribution is 2.54. The van der Waals surface area contributed by atoms with Crippen LogP contribution in [0.3, 0.4) is 0 Å². The van der Waals surface area contributed by atoms with E-state index in [0.29, 0.717) is 0 Å². The van der Waals surface area contributed by atoms with E-state index in [2.05, 4.69) is 10.6 Å². The maximum atomic E-state index is 3.66. The lowest BCUT2D eigenvalue weighted by Gasteiger charge is -2.05. The second-order valence-electron chi connectivity index (χ2n) is 6.06. The van der Waals surface area contributed by atoms with Gasteiger partial charge in [-0.2, -0.15) is 0 Å². The first-order valence-electron chi connectivity index (χ1n) is 7.39. The summed E-state index contributed by atoms with van der Waals surface area (Å²) in [5.41, 5.74) is 0. The van der Waals surface area contributed by atoms with Gasteiger partial charge in [0.25, 0.3) is 0 Å². The minimum absolute atomic E-state index is 0.881. The van der Waals surface area contributed by atoms with Crippen molar-refractivity contribution in [1.29, 1.82) is 0 Å². The van der Waals surface area contributed by atoms with E-state index in [0.717, 1.165) is 23.8 Å². The summed E-state index contributed by atoms with van der Waals surface area (Å²) < 4.78 is 0. The summed E-state index contributed by atoms with van der Waals surface area (Å²) in [7, 11) is 0. The molecule has 2 N–H and O–H groups in total. The van der Waals surface area contributed by atoms with E-state index >= 15 is 0 Å². The molecule has 3 aliphatic rings. The van der Waals surface area contributed by atoms with E-state index in [9.17, 15) is 0 Å². The molecule has 92 valence electrons. The van der Waals surface area contributed by atoms with Gasteiger partial charge < -0.3 is 10.6 Å². The topological polar surface area (TPSA) is 24.1 Å². The highest BCUT2D eigenvalue weighted by atomic mass is 15.0. The highest BCUT2D eigenvalue weighted by Gasteiger charge is 2.49. The Morgan fingerprint density at radius 2 is 1.62 bits per heavy atom. The van der Waals surface area contributed by atoms with Crippen molar-refractivity contribution >= 4 is 0 Å². The minimum atomic E-state index is 0.881. The Kier molecular flexibility index (Phi) is 3.49. The van der Waals surface area contributed by atoms with Gasteiger partial charge in [0.05, 0.1) is 0 Å². The van der Waals surface area contributed by atoms with Gasteiger partial charge in [-0.15, -0.1) is 0 Å². The maximum absolute atomic E-state index is 3.66. The second-order valence-corrected chi connectivity index (χ2v) is 6.06. The van der Waals surface area contributed by atoms with Gasteiger partial charge in [-0.05, 0) is 69.5 Å². The SMILES string of the molecule is C(CNCC1C2CCCCC21)CNC1CC1. The van der Waals surface area contributed by atoms with Crippen LogP contribution in [0, 0.1) is 17.8 Å². The fourth-order valence-corrected chi connectivity index (χ4v) is 3.52. The van der Waals surface area contributed by atoms with Crippen molar-refractivity contribution in [2.24, 2.45) is 17.8 Å². The molecule has 16 heavy (non-hydrogen) atoms. The third kappa shape index (κ3) is 2.78. The van der Waals surface area contributed by atoms with Gasteiger partial charge in [0.15, 0.2) is 0 Å². The van der Waals surface area contributed by atoms with Crippen molar-refractivity contribution in [1.82, 2.24) is 10.6 Å². The Balaban J connectivity index is 1.19. The van der Waals surface area contributed by atoms with Gasteiger partial charge in [0, 0.05) is 6.04 Å². The van der Waals surface area contributed by atoms with Gasteiger partial charge in [-0.1, -0.05) is 12.8 Å². The standard InChI is InChI=1S/C14H26N2/c1-2-5-13-12(4-1)14(13)10-15-8-3-9-16-11-6-7-11/h11-16H,1-10H2. The second kappa shape index (κ2) is 5.05. The van der Waals surface area contributed by atoms with Gasteiger partial charge in [0.2, 0.25) is 0 Å². The lowest BCUT2D eigenvalue weighted by atomic mass is 10.0. The van der Waals surface area contributed by atoms with Gasteiger partial charge in [0.1, 0.15) is 0 Å². The molecule has 2 atom stereocenters. The summed E-state index contributed by atoms with van der Waals surface area (Å²) >= 11 is 0. The van der Waals surface area contributed by atoms with Crippen LogP contribution in [0.1, 0.15) is 44.9 Å². The van der Waals surface area contributed by atoms with Crippen LogP contribution in [0.4, 0.5) is 0 Å². The number of nitrogens with one attached hydrogen (secondary N) is 2. The number of hydrogen-bond acceptors (Lipinski definition) is 2. The number of hydrogen-bond donors (Lipinski definition) is 2. The van der Waals surface area contributed by atoms with E-state index in [1.807, 2.05) is 0 Å². The molecule has 0 aromatic rings. The molecule has 3 fully saturated rings. The smallest absolute Gasteiger partial charge is 0.00682 e. The first kappa shape index (κ1) is 11.0. The van der Waals surface area contributed by atoms with Crippen LogP contribution >= 0.6 is 0 Å². The van der Waals surface area contributed by atoms with Crippen LogP contribution in [0.15, 0.2) is 0 Å².